The number of hydrogen-bond donors (Lipinski definition) is 3. The molecule has 0 aliphatic heterocycles. The summed E-state index contributed by atoms with van der Waals surface area (Å²) in [6.07, 6.45) is 0. The number of hydrogen-bond acceptors (Lipinski definition) is 4. The molecule has 0 bridgehead atoms. The van der Waals surface area contributed by atoms with Crippen molar-refractivity contribution in [2.75, 3.05) is 10.6 Å². The molecule has 6 nitrogen and oxygen atoms in total. The first-order valence-corrected chi connectivity index (χ1v) is 9.40. The van der Waals surface area contributed by atoms with Crippen LogP contribution in [0.5, 0.6) is 0 Å². The van der Waals surface area contributed by atoms with Crippen LogP contribution in [0.3, 0.4) is 0 Å². The van der Waals surface area contributed by atoms with E-state index in [2.05, 4.69) is 10.6 Å². The van der Waals surface area contributed by atoms with Crippen molar-refractivity contribution < 1.29 is 19.5 Å². The van der Waals surface area contributed by atoms with Gasteiger partial charge in [0, 0.05) is 28.6 Å². The highest BCUT2D eigenvalue weighted by molar-refractivity contribution is 7.14. The van der Waals surface area contributed by atoms with Crippen molar-refractivity contribution in [3.05, 3.63) is 70.1 Å². The van der Waals surface area contributed by atoms with Crippen LogP contribution in [0.1, 0.15) is 27.6 Å². The lowest BCUT2D eigenvalue weighted by Crippen LogP contribution is -2.14. The van der Waals surface area contributed by atoms with Crippen LogP contribution in [-0.2, 0) is 4.79 Å². The van der Waals surface area contributed by atoms with Gasteiger partial charge in [0.1, 0.15) is 5.56 Å². The number of anilines is 2. The van der Waals surface area contributed by atoms with Gasteiger partial charge in [-0.15, -0.1) is 11.3 Å². The summed E-state index contributed by atoms with van der Waals surface area (Å²) in [6.45, 7) is 1.39. The summed E-state index contributed by atoms with van der Waals surface area (Å²) in [6, 6.07) is 13.1. The normalized spacial score (nSPS) is 10.4. The summed E-state index contributed by atoms with van der Waals surface area (Å²) in [5.41, 5.74) is 1.85. The van der Waals surface area contributed by atoms with E-state index in [-0.39, 0.29) is 17.2 Å². The van der Waals surface area contributed by atoms with Gasteiger partial charge in [0.2, 0.25) is 5.91 Å². The lowest BCUT2D eigenvalue weighted by atomic mass is 10.1. The average Bonchev–Trinajstić information content (AvgIpc) is 3.06. The number of aromatic carboxylic acids is 1. The van der Waals surface area contributed by atoms with Gasteiger partial charge in [-0.05, 0) is 42.0 Å². The van der Waals surface area contributed by atoms with E-state index in [4.69, 9.17) is 11.6 Å². The van der Waals surface area contributed by atoms with Crippen molar-refractivity contribution in [3.8, 4) is 10.4 Å². The number of nitrogens with one attached hydrogen (secondary N) is 2. The van der Waals surface area contributed by atoms with E-state index >= 15 is 0 Å². The monoisotopic (exact) mass is 414 g/mol. The Morgan fingerprint density at radius 1 is 0.964 bits per heavy atom. The van der Waals surface area contributed by atoms with E-state index < -0.39 is 11.9 Å². The molecule has 3 rings (SSSR count). The minimum atomic E-state index is -1.14. The fraction of sp³-hybridized carbons (Fsp3) is 0.0500. The number of carbonyl (C=O) groups excluding carboxylic acids is 2. The molecule has 0 saturated heterocycles. The fourth-order valence-electron chi connectivity index (χ4n) is 2.58. The minimum Gasteiger partial charge on any atom is -0.478 e. The second kappa shape index (κ2) is 8.24. The van der Waals surface area contributed by atoms with Crippen LogP contribution in [0.15, 0.2) is 53.9 Å². The first-order chi connectivity index (χ1) is 13.3. The molecular formula is C20H15ClN2O4S. The van der Waals surface area contributed by atoms with Crippen molar-refractivity contribution in [3.63, 3.8) is 0 Å². The summed E-state index contributed by atoms with van der Waals surface area (Å²) in [7, 11) is 0. The molecule has 0 aliphatic carbocycles. The van der Waals surface area contributed by atoms with Crippen LogP contribution in [0, 0.1) is 0 Å². The summed E-state index contributed by atoms with van der Waals surface area (Å²) >= 11 is 7.11. The zero-order chi connectivity index (χ0) is 20.3. The predicted octanol–water partition coefficient (Wildman–Crippen LogP) is 4.98. The van der Waals surface area contributed by atoms with Gasteiger partial charge < -0.3 is 15.7 Å². The van der Waals surface area contributed by atoms with Gasteiger partial charge in [0.25, 0.3) is 5.91 Å². The highest BCUT2D eigenvalue weighted by Crippen LogP contribution is 2.36. The molecule has 0 atom stereocenters. The van der Waals surface area contributed by atoms with Crippen molar-refractivity contribution in [1.29, 1.82) is 0 Å². The van der Waals surface area contributed by atoms with E-state index in [0.29, 0.717) is 26.7 Å². The molecule has 0 radical (unpaired) electrons. The molecular weight excluding hydrogens is 400 g/mol. The van der Waals surface area contributed by atoms with Crippen LogP contribution in [0.4, 0.5) is 11.4 Å². The number of thiophene rings is 1. The van der Waals surface area contributed by atoms with E-state index in [1.807, 2.05) is 0 Å². The number of rotatable bonds is 5. The standard InChI is InChI=1S/C20H15ClN2O4S/c1-11(24)22-15-8-4-13(5-9-15)19(25)23-16-10-28-18(17(16)20(26)27)12-2-6-14(21)7-3-12/h2-10H,1H3,(H,22,24)(H,23,25)(H,26,27). The fourth-order valence-corrected chi connectivity index (χ4v) is 3.70. The maximum absolute atomic E-state index is 12.5. The molecule has 142 valence electrons. The number of amides is 2. The van der Waals surface area contributed by atoms with E-state index in [1.54, 1.807) is 53.9 Å². The summed E-state index contributed by atoms with van der Waals surface area (Å²) in [4.78, 5) is 35.9. The molecule has 1 aromatic heterocycles. The largest absolute Gasteiger partial charge is 0.478 e. The third kappa shape index (κ3) is 4.39. The molecule has 3 aromatic rings. The second-order valence-electron chi connectivity index (χ2n) is 5.88. The Kier molecular flexibility index (Phi) is 5.77. The van der Waals surface area contributed by atoms with Gasteiger partial charge in [-0.1, -0.05) is 23.7 Å². The zero-order valence-electron chi connectivity index (χ0n) is 14.7. The van der Waals surface area contributed by atoms with Crippen molar-refractivity contribution >= 4 is 52.1 Å². The van der Waals surface area contributed by atoms with Crippen LogP contribution in [0.25, 0.3) is 10.4 Å². The maximum Gasteiger partial charge on any atom is 0.339 e. The quantitative estimate of drug-likeness (QED) is 0.548. The smallest absolute Gasteiger partial charge is 0.339 e. The maximum atomic E-state index is 12.5. The Morgan fingerprint density at radius 3 is 2.18 bits per heavy atom. The molecule has 0 saturated carbocycles. The predicted molar refractivity (Wildman–Crippen MR) is 110 cm³/mol. The second-order valence-corrected chi connectivity index (χ2v) is 7.19. The Labute approximate surface area is 169 Å². The summed E-state index contributed by atoms with van der Waals surface area (Å²) in [5.74, 6) is -1.80. The molecule has 1 heterocycles. The SMILES string of the molecule is CC(=O)Nc1ccc(C(=O)Nc2csc(-c3ccc(Cl)cc3)c2C(=O)O)cc1. The Bertz CT molecular complexity index is 1040. The van der Waals surface area contributed by atoms with Gasteiger partial charge >= 0.3 is 5.97 Å². The van der Waals surface area contributed by atoms with Gasteiger partial charge in [-0.3, -0.25) is 9.59 Å². The third-order valence-corrected chi connectivity index (χ3v) is 5.11. The molecule has 2 amide bonds. The first-order valence-electron chi connectivity index (χ1n) is 8.15. The van der Waals surface area contributed by atoms with Crippen LogP contribution >= 0.6 is 22.9 Å². The van der Waals surface area contributed by atoms with E-state index in [9.17, 15) is 19.5 Å². The molecule has 3 N–H and O–H groups in total. The Balaban J connectivity index is 1.86. The molecule has 2 aromatic carbocycles. The number of carboxylic acid groups (broad SMARTS) is 1. The van der Waals surface area contributed by atoms with Crippen LogP contribution in [-0.4, -0.2) is 22.9 Å². The molecule has 0 fully saturated rings. The third-order valence-electron chi connectivity index (χ3n) is 3.83. The van der Waals surface area contributed by atoms with Crippen molar-refractivity contribution in [1.82, 2.24) is 0 Å². The van der Waals surface area contributed by atoms with Gasteiger partial charge in [0.15, 0.2) is 0 Å². The molecule has 8 heteroatoms. The minimum absolute atomic E-state index is 0.0236. The molecule has 0 spiro atoms. The highest BCUT2D eigenvalue weighted by atomic mass is 35.5. The van der Waals surface area contributed by atoms with Crippen molar-refractivity contribution in [2.45, 2.75) is 6.92 Å². The number of carboxylic acids is 1. The number of carbonyl (C=O) groups is 3. The van der Waals surface area contributed by atoms with Crippen LogP contribution < -0.4 is 10.6 Å². The van der Waals surface area contributed by atoms with Gasteiger partial charge in [-0.2, -0.15) is 0 Å². The molecule has 28 heavy (non-hydrogen) atoms. The lowest BCUT2D eigenvalue weighted by Gasteiger charge is -2.07. The number of benzene rings is 2. The van der Waals surface area contributed by atoms with Gasteiger partial charge in [-0.25, -0.2) is 4.79 Å². The highest BCUT2D eigenvalue weighted by Gasteiger charge is 2.21. The van der Waals surface area contributed by atoms with E-state index in [1.165, 1.54) is 18.3 Å². The Morgan fingerprint density at radius 2 is 1.61 bits per heavy atom. The zero-order valence-corrected chi connectivity index (χ0v) is 16.2. The van der Waals surface area contributed by atoms with Crippen LogP contribution in [0.2, 0.25) is 5.02 Å². The molecule has 0 aliphatic rings. The average molecular weight is 415 g/mol. The van der Waals surface area contributed by atoms with E-state index in [0.717, 1.165) is 0 Å². The van der Waals surface area contributed by atoms with Crippen molar-refractivity contribution in [2.24, 2.45) is 0 Å². The number of halogens is 1. The molecule has 0 unspecified atom stereocenters. The lowest BCUT2D eigenvalue weighted by molar-refractivity contribution is -0.114. The Hall–Kier alpha value is -3.16. The summed E-state index contributed by atoms with van der Waals surface area (Å²) in [5, 5.41) is 17.0. The first kappa shape index (κ1) is 19.6. The van der Waals surface area contributed by atoms with Gasteiger partial charge in [0.05, 0.1) is 10.6 Å². The topological polar surface area (TPSA) is 95.5 Å². The summed E-state index contributed by atoms with van der Waals surface area (Å²) < 4.78 is 0.